The Morgan fingerprint density at radius 1 is 0.242 bits per heavy atom. The van der Waals surface area contributed by atoms with Crippen LogP contribution in [0.25, 0.3) is 97.7 Å². The van der Waals surface area contributed by atoms with Gasteiger partial charge >= 0.3 is 0 Å². The molecule has 310 valence electrons. The van der Waals surface area contributed by atoms with Gasteiger partial charge in [-0.3, -0.25) is 0 Å². The fourth-order valence-electron chi connectivity index (χ4n) is 9.43. The summed E-state index contributed by atoms with van der Waals surface area (Å²) in [5.41, 5.74) is 17.7. The fraction of sp³-hybridized carbons (Fsp3) is 0. The smallest absolute Gasteiger partial charge is 0.0540 e. The predicted octanol–water partition coefficient (Wildman–Crippen LogP) is 18.7. The lowest BCUT2D eigenvalue weighted by Gasteiger charge is -2.28. The molecule has 12 rings (SSSR count). The first-order valence-electron chi connectivity index (χ1n) is 22.6. The predicted molar refractivity (Wildman–Crippen MR) is 284 cm³/mol. The lowest BCUT2D eigenvalue weighted by Crippen LogP contribution is -2.11. The monoisotopic (exact) mass is 857 g/mol. The molecule has 0 bridgehead atoms. The normalized spacial score (nSPS) is 11.3. The molecule has 2 heteroatoms. The highest BCUT2D eigenvalue weighted by Crippen LogP contribution is 2.43. The lowest BCUT2D eigenvalue weighted by molar-refractivity contribution is 1.28. The minimum Gasteiger partial charge on any atom is -0.310 e. The maximum atomic E-state index is 2.40. The Kier molecular flexibility index (Phi) is 10.1. The molecule has 0 unspecified atom stereocenters. The number of para-hydroxylation sites is 1. The summed E-state index contributed by atoms with van der Waals surface area (Å²) in [4.78, 5) is 2.40. The molecular weight excluding hydrogens is 815 g/mol. The molecule has 1 nitrogen and oxygen atoms in total. The van der Waals surface area contributed by atoms with Gasteiger partial charge in [0, 0.05) is 37.1 Å². The van der Waals surface area contributed by atoms with E-state index in [2.05, 4.69) is 266 Å². The Balaban J connectivity index is 0.879. The molecule has 1 heterocycles. The Labute approximate surface area is 389 Å². The van der Waals surface area contributed by atoms with Crippen LogP contribution in [0.2, 0.25) is 0 Å². The molecule has 0 fully saturated rings. The molecule has 0 aliphatic rings. The van der Waals surface area contributed by atoms with Crippen LogP contribution in [0.3, 0.4) is 0 Å². The van der Waals surface area contributed by atoms with Gasteiger partial charge in [0.15, 0.2) is 0 Å². The summed E-state index contributed by atoms with van der Waals surface area (Å²) in [6.07, 6.45) is 0. The molecule has 1 aromatic heterocycles. The molecule has 0 aliphatic heterocycles. The van der Waals surface area contributed by atoms with Crippen molar-refractivity contribution in [2.24, 2.45) is 0 Å². The second-order valence-corrected chi connectivity index (χ2v) is 18.0. The Morgan fingerprint density at radius 3 is 1.38 bits per heavy atom. The summed E-state index contributed by atoms with van der Waals surface area (Å²) in [6, 6.07) is 95.1. The zero-order chi connectivity index (χ0) is 43.8. The zero-order valence-electron chi connectivity index (χ0n) is 36.2. The molecule has 0 radical (unpaired) electrons. The molecule has 0 amide bonds. The van der Waals surface area contributed by atoms with Crippen molar-refractivity contribution in [2.75, 3.05) is 4.90 Å². The third-order valence-corrected chi connectivity index (χ3v) is 14.1. The van der Waals surface area contributed by atoms with Gasteiger partial charge in [0.05, 0.1) is 5.69 Å². The molecule has 0 aliphatic carbocycles. The van der Waals surface area contributed by atoms with Gasteiger partial charge < -0.3 is 4.90 Å². The van der Waals surface area contributed by atoms with Crippen LogP contribution in [0.4, 0.5) is 17.1 Å². The Bertz CT molecular complexity index is 3660. The van der Waals surface area contributed by atoms with E-state index in [1.54, 1.807) is 0 Å². The van der Waals surface area contributed by atoms with Gasteiger partial charge in [-0.15, -0.1) is 11.3 Å². The average molecular weight is 858 g/mol. The summed E-state index contributed by atoms with van der Waals surface area (Å²) in [5.74, 6) is 0. The van der Waals surface area contributed by atoms with Gasteiger partial charge in [-0.05, 0) is 133 Å². The molecular formula is C64H43NS. The van der Waals surface area contributed by atoms with E-state index in [1.165, 1.54) is 97.7 Å². The van der Waals surface area contributed by atoms with Crippen LogP contribution in [-0.4, -0.2) is 0 Å². The van der Waals surface area contributed by atoms with Crippen LogP contribution in [0.5, 0.6) is 0 Å². The van der Waals surface area contributed by atoms with E-state index in [0.717, 1.165) is 17.1 Å². The minimum atomic E-state index is 1.09. The average Bonchev–Trinajstić information content (AvgIpc) is 3.78. The number of hydrogen-bond donors (Lipinski definition) is 0. The van der Waals surface area contributed by atoms with Crippen LogP contribution in [0, 0.1) is 0 Å². The van der Waals surface area contributed by atoms with Crippen molar-refractivity contribution in [2.45, 2.75) is 0 Å². The van der Waals surface area contributed by atoms with Crippen molar-refractivity contribution in [1.82, 2.24) is 0 Å². The molecule has 0 spiro atoms. The van der Waals surface area contributed by atoms with E-state index in [0.29, 0.717) is 0 Å². The third kappa shape index (κ3) is 7.54. The highest BCUT2D eigenvalue weighted by Gasteiger charge is 2.18. The van der Waals surface area contributed by atoms with Crippen molar-refractivity contribution >= 4 is 59.3 Å². The van der Waals surface area contributed by atoms with E-state index >= 15 is 0 Å². The van der Waals surface area contributed by atoms with Crippen molar-refractivity contribution in [1.29, 1.82) is 0 Å². The first-order chi connectivity index (χ1) is 32.7. The second-order valence-electron chi connectivity index (χ2n) is 16.9. The largest absolute Gasteiger partial charge is 0.310 e. The number of hydrogen-bond acceptors (Lipinski definition) is 2. The summed E-state index contributed by atoms with van der Waals surface area (Å²) in [5, 5.41) is 5.14. The van der Waals surface area contributed by atoms with Gasteiger partial charge in [0.1, 0.15) is 0 Å². The minimum absolute atomic E-state index is 1.09. The maximum Gasteiger partial charge on any atom is 0.0540 e. The number of rotatable bonds is 9. The van der Waals surface area contributed by atoms with E-state index in [4.69, 9.17) is 0 Å². The third-order valence-electron chi connectivity index (χ3n) is 12.9. The highest BCUT2D eigenvalue weighted by molar-refractivity contribution is 7.25. The van der Waals surface area contributed by atoms with E-state index in [9.17, 15) is 0 Å². The first kappa shape index (κ1) is 39.3. The van der Waals surface area contributed by atoms with Gasteiger partial charge in [0.25, 0.3) is 0 Å². The van der Waals surface area contributed by atoms with Crippen molar-refractivity contribution in [3.8, 4) is 66.8 Å². The Morgan fingerprint density at radius 2 is 0.682 bits per heavy atom. The van der Waals surface area contributed by atoms with Gasteiger partial charge in [-0.1, -0.05) is 200 Å². The highest BCUT2D eigenvalue weighted by atomic mass is 32.1. The summed E-state index contributed by atoms with van der Waals surface area (Å²) in [7, 11) is 0. The molecule has 66 heavy (non-hydrogen) atoms. The molecule has 0 atom stereocenters. The van der Waals surface area contributed by atoms with Crippen molar-refractivity contribution in [3.05, 3.63) is 261 Å². The molecule has 0 saturated carbocycles. The van der Waals surface area contributed by atoms with Crippen LogP contribution in [0.15, 0.2) is 261 Å². The number of fused-ring (bicyclic) bond motifs is 4. The summed E-state index contributed by atoms with van der Waals surface area (Å²) in [6.45, 7) is 0. The van der Waals surface area contributed by atoms with E-state index in [1.807, 2.05) is 11.3 Å². The summed E-state index contributed by atoms with van der Waals surface area (Å²) < 4.78 is 2.64. The lowest BCUT2D eigenvalue weighted by atomic mass is 9.96. The fourth-order valence-corrected chi connectivity index (χ4v) is 10.5. The Hall–Kier alpha value is -8.30. The van der Waals surface area contributed by atoms with E-state index < -0.39 is 0 Å². The number of thiophene rings is 1. The standard InChI is InChI=1S/C64H43NS/c1-2-11-44(12-3-1)46-25-28-51(29-26-46)59-17-6-8-19-62(59)65(58-38-33-50(34-39-58)56-35-40-64-61(43-56)60-18-7-9-20-63(60)66-64)57-36-31-48(32-37-57)47-21-23-49(24-22-47)53-15-10-16-54(41-53)55-30-27-45-13-4-5-14-52(45)42-55/h1-43H. The van der Waals surface area contributed by atoms with Gasteiger partial charge in [-0.2, -0.15) is 0 Å². The van der Waals surface area contributed by atoms with Crippen molar-refractivity contribution in [3.63, 3.8) is 0 Å². The number of nitrogens with zero attached hydrogens (tertiary/aromatic N) is 1. The van der Waals surface area contributed by atoms with Crippen molar-refractivity contribution < 1.29 is 0 Å². The van der Waals surface area contributed by atoms with Crippen LogP contribution >= 0.6 is 11.3 Å². The molecule has 0 N–H and O–H groups in total. The second kappa shape index (κ2) is 17.0. The number of benzene rings is 11. The van der Waals surface area contributed by atoms with Crippen LogP contribution in [0.1, 0.15) is 0 Å². The van der Waals surface area contributed by atoms with Gasteiger partial charge in [-0.25, -0.2) is 0 Å². The molecule has 0 saturated heterocycles. The van der Waals surface area contributed by atoms with Crippen LogP contribution < -0.4 is 4.90 Å². The SMILES string of the molecule is c1ccc(-c2ccc(-c3ccccc3N(c3ccc(-c4ccc(-c5cccc(-c6ccc7ccccc7c6)c5)cc4)cc3)c3ccc(-c4ccc5sc6ccccc6c5c4)cc3)cc2)cc1. The topological polar surface area (TPSA) is 3.24 Å². The van der Waals surface area contributed by atoms with Crippen LogP contribution in [-0.2, 0) is 0 Å². The zero-order valence-corrected chi connectivity index (χ0v) is 37.0. The van der Waals surface area contributed by atoms with Gasteiger partial charge in [0.2, 0.25) is 0 Å². The maximum absolute atomic E-state index is 2.40. The quantitative estimate of drug-likeness (QED) is 0.140. The number of anilines is 3. The first-order valence-corrected chi connectivity index (χ1v) is 23.4. The molecule has 12 aromatic rings. The molecule has 11 aromatic carbocycles. The summed E-state index contributed by atoms with van der Waals surface area (Å²) >= 11 is 1.86. The van der Waals surface area contributed by atoms with E-state index in [-0.39, 0.29) is 0 Å².